The lowest BCUT2D eigenvalue weighted by molar-refractivity contribution is 0.0697. The minimum absolute atomic E-state index is 0.0319. The molecule has 26 heavy (non-hydrogen) atoms. The van der Waals surface area contributed by atoms with Gasteiger partial charge in [-0.2, -0.15) is 0 Å². The van der Waals surface area contributed by atoms with Crippen LogP contribution in [0.4, 0.5) is 0 Å². The molecule has 0 bridgehead atoms. The van der Waals surface area contributed by atoms with Gasteiger partial charge in [0.25, 0.3) is 5.91 Å². The Morgan fingerprint density at radius 3 is 2.88 bits per heavy atom. The third-order valence-corrected chi connectivity index (χ3v) is 4.08. The summed E-state index contributed by atoms with van der Waals surface area (Å²) in [7, 11) is 0. The van der Waals surface area contributed by atoms with E-state index in [4.69, 9.17) is 16.0 Å². The average Bonchev–Trinajstić information content (AvgIpc) is 3.24. The third kappa shape index (κ3) is 2.76. The van der Waals surface area contributed by atoms with Crippen LogP contribution in [0.1, 0.15) is 26.5 Å². The molecule has 4 rings (SSSR count). The van der Waals surface area contributed by atoms with E-state index in [9.17, 15) is 14.7 Å². The number of carbonyl (C=O) groups excluding carboxylic acids is 1. The minimum atomic E-state index is -1.14. The van der Waals surface area contributed by atoms with Gasteiger partial charge in [-0.3, -0.25) is 9.78 Å². The van der Waals surface area contributed by atoms with Crippen LogP contribution in [0.2, 0.25) is 5.02 Å². The Bertz CT molecular complexity index is 1160. The number of H-pyrrole nitrogens is 1. The molecule has 3 heterocycles. The van der Waals surface area contributed by atoms with Gasteiger partial charge >= 0.3 is 5.97 Å². The van der Waals surface area contributed by atoms with Crippen molar-refractivity contribution >= 4 is 45.5 Å². The van der Waals surface area contributed by atoms with Gasteiger partial charge in [-0.05, 0) is 18.2 Å². The topological polar surface area (TPSA) is 121 Å². The zero-order valence-electron chi connectivity index (χ0n) is 13.1. The summed E-state index contributed by atoms with van der Waals surface area (Å²) >= 11 is 5.94. The van der Waals surface area contributed by atoms with Crippen LogP contribution >= 0.6 is 11.6 Å². The number of halogens is 1. The first-order valence-electron chi connectivity index (χ1n) is 7.53. The van der Waals surface area contributed by atoms with Gasteiger partial charge in [-0.1, -0.05) is 11.6 Å². The van der Waals surface area contributed by atoms with Crippen LogP contribution < -0.4 is 5.32 Å². The number of carboxylic acids is 1. The van der Waals surface area contributed by atoms with Crippen LogP contribution in [0.3, 0.4) is 0 Å². The number of hydrogen-bond acceptors (Lipinski definition) is 5. The molecule has 4 aromatic rings. The van der Waals surface area contributed by atoms with E-state index in [2.05, 4.69) is 20.3 Å². The number of aromatic amines is 1. The van der Waals surface area contributed by atoms with Crippen molar-refractivity contribution in [2.75, 3.05) is 0 Å². The Labute approximate surface area is 150 Å². The molecule has 0 aliphatic heterocycles. The molecule has 0 atom stereocenters. The van der Waals surface area contributed by atoms with Crippen LogP contribution in [0.15, 0.2) is 41.3 Å². The molecule has 0 saturated carbocycles. The number of imidazole rings is 1. The van der Waals surface area contributed by atoms with Gasteiger partial charge < -0.3 is 19.8 Å². The molecule has 0 spiro atoms. The Morgan fingerprint density at radius 1 is 1.23 bits per heavy atom. The second kappa shape index (κ2) is 6.16. The maximum Gasteiger partial charge on any atom is 0.339 e. The van der Waals surface area contributed by atoms with Crippen molar-refractivity contribution in [3.05, 3.63) is 58.8 Å². The number of nitrogens with zero attached hydrogens (tertiary/aromatic N) is 2. The summed E-state index contributed by atoms with van der Waals surface area (Å²) < 4.78 is 5.58. The van der Waals surface area contributed by atoms with Crippen molar-refractivity contribution in [1.29, 1.82) is 0 Å². The molecule has 1 aromatic carbocycles. The molecule has 130 valence electrons. The number of rotatable bonds is 4. The highest BCUT2D eigenvalue weighted by Gasteiger charge is 2.17. The van der Waals surface area contributed by atoms with Gasteiger partial charge in [-0.25, -0.2) is 9.78 Å². The zero-order chi connectivity index (χ0) is 18.3. The number of pyridine rings is 1. The lowest BCUT2D eigenvalue weighted by atomic mass is 10.1. The molecule has 1 amide bonds. The molecule has 8 nitrogen and oxygen atoms in total. The van der Waals surface area contributed by atoms with E-state index in [-0.39, 0.29) is 23.6 Å². The van der Waals surface area contributed by atoms with E-state index < -0.39 is 5.97 Å². The molecule has 0 radical (unpaired) electrons. The molecule has 0 unspecified atom stereocenters. The molecule has 9 heteroatoms. The van der Waals surface area contributed by atoms with Crippen molar-refractivity contribution in [2.24, 2.45) is 0 Å². The average molecular weight is 371 g/mol. The van der Waals surface area contributed by atoms with Crippen molar-refractivity contribution < 1.29 is 19.1 Å². The number of hydrogen-bond donors (Lipinski definition) is 3. The summed E-state index contributed by atoms with van der Waals surface area (Å²) in [6.45, 7) is 0.0744. The van der Waals surface area contributed by atoms with Crippen LogP contribution in [-0.4, -0.2) is 31.9 Å². The Morgan fingerprint density at radius 2 is 2.08 bits per heavy atom. The highest BCUT2D eigenvalue weighted by molar-refractivity contribution is 6.32. The fourth-order valence-electron chi connectivity index (χ4n) is 2.71. The number of amides is 1. The van der Waals surface area contributed by atoms with Crippen molar-refractivity contribution in [2.45, 2.75) is 6.54 Å². The number of carbonyl (C=O) groups is 2. The van der Waals surface area contributed by atoms with Gasteiger partial charge in [0, 0.05) is 16.6 Å². The summed E-state index contributed by atoms with van der Waals surface area (Å²) in [4.78, 5) is 34.7. The summed E-state index contributed by atoms with van der Waals surface area (Å²) in [6.07, 6.45) is 4.49. The van der Waals surface area contributed by atoms with Crippen LogP contribution in [-0.2, 0) is 6.54 Å². The number of aromatic carboxylic acids is 1. The van der Waals surface area contributed by atoms with Gasteiger partial charge in [0.2, 0.25) is 0 Å². The van der Waals surface area contributed by atoms with Crippen LogP contribution in [0, 0.1) is 0 Å². The van der Waals surface area contributed by atoms with Crippen molar-refractivity contribution in [1.82, 2.24) is 20.3 Å². The van der Waals surface area contributed by atoms with E-state index in [0.29, 0.717) is 32.8 Å². The zero-order valence-corrected chi connectivity index (χ0v) is 13.9. The number of furan rings is 1. The van der Waals surface area contributed by atoms with E-state index in [1.165, 1.54) is 18.6 Å². The number of carboxylic acid groups (broad SMARTS) is 1. The Balaban J connectivity index is 1.60. The highest BCUT2D eigenvalue weighted by Crippen LogP contribution is 2.27. The highest BCUT2D eigenvalue weighted by atomic mass is 35.5. The Kier molecular flexibility index (Phi) is 3.81. The minimum Gasteiger partial charge on any atom is -0.478 e. The maximum absolute atomic E-state index is 12.4. The predicted octanol–water partition coefficient (Wildman–Crippen LogP) is 2.99. The van der Waals surface area contributed by atoms with Gasteiger partial charge in [0.1, 0.15) is 22.4 Å². The standard InChI is InChI=1S/C17H11ClN4O4/c18-9-1-8-2-10(26-15(8)11(3-9)17(24)25)4-20-16(23)12-5-19-6-13-14(12)22-7-21-13/h1-3,5-7H,4H2,(H,20,23)(H,21,22)(H,24,25). The normalized spacial score (nSPS) is 11.1. The maximum atomic E-state index is 12.4. The molecule has 3 aromatic heterocycles. The summed E-state index contributed by atoms with van der Waals surface area (Å²) in [6, 6.07) is 4.57. The SMILES string of the molecule is O=C(NCc1cc2cc(Cl)cc(C(=O)O)c2o1)c1cncc2[nH]cnc12. The Hall–Kier alpha value is -3.39. The predicted molar refractivity (Wildman–Crippen MR) is 93.2 cm³/mol. The second-order valence-corrected chi connectivity index (χ2v) is 5.99. The van der Waals surface area contributed by atoms with E-state index in [1.54, 1.807) is 18.3 Å². The number of benzene rings is 1. The summed E-state index contributed by atoms with van der Waals surface area (Å²) in [5.74, 6) is -1.11. The van der Waals surface area contributed by atoms with Crippen molar-refractivity contribution in [3.63, 3.8) is 0 Å². The number of nitrogens with one attached hydrogen (secondary N) is 2. The first-order chi connectivity index (χ1) is 12.5. The lowest BCUT2D eigenvalue weighted by Gasteiger charge is -2.03. The smallest absolute Gasteiger partial charge is 0.339 e. The van der Waals surface area contributed by atoms with E-state index in [1.807, 2.05) is 0 Å². The van der Waals surface area contributed by atoms with Gasteiger partial charge in [-0.15, -0.1) is 0 Å². The molecule has 0 aliphatic carbocycles. The largest absolute Gasteiger partial charge is 0.478 e. The van der Waals surface area contributed by atoms with E-state index >= 15 is 0 Å². The van der Waals surface area contributed by atoms with Gasteiger partial charge in [0.05, 0.1) is 30.1 Å². The third-order valence-electron chi connectivity index (χ3n) is 3.86. The van der Waals surface area contributed by atoms with E-state index in [0.717, 1.165) is 0 Å². The number of aromatic nitrogens is 3. The fourth-order valence-corrected chi connectivity index (χ4v) is 2.94. The summed E-state index contributed by atoms with van der Waals surface area (Å²) in [5.41, 5.74) is 1.68. The van der Waals surface area contributed by atoms with Crippen LogP contribution in [0.25, 0.3) is 22.0 Å². The first kappa shape index (κ1) is 16.1. The molecule has 0 saturated heterocycles. The fraction of sp³-hybridized carbons (Fsp3) is 0.0588. The first-order valence-corrected chi connectivity index (χ1v) is 7.91. The summed E-state index contributed by atoms with van der Waals surface area (Å²) in [5, 5.41) is 12.8. The molecular formula is C17H11ClN4O4. The quantitative estimate of drug-likeness (QED) is 0.507. The second-order valence-electron chi connectivity index (χ2n) is 5.56. The molecular weight excluding hydrogens is 360 g/mol. The molecule has 3 N–H and O–H groups in total. The van der Waals surface area contributed by atoms with Crippen LogP contribution in [0.5, 0.6) is 0 Å². The molecule has 0 fully saturated rings. The van der Waals surface area contributed by atoms with Gasteiger partial charge in [0.15, 0.2) is 0 Å². The number of fused-ring (bicyclic) bond motifs is 2. The monoisotopic (exact) mass is 370 g/mol. The lowest BCUT2D eigenvalue weighted by Crippen LogP contribution is -2.23. The molecule has 0 aliphatic rings. The van der Waals surface area contributed by atoms with Crippen molar-refractivity contribution in [3.8, 4) is 0 Å².